The van der Waals surface area contributed by atoms with Crippen LogP contribution in [-0.2, 0) is 14.4 Å². The molecule has 0 bridgehead atoms. The van der Waals surface area contributed by atoms with Crippen LogP contribution in [0, 0.1) is 40.4 Å². The average molecular weight is 352 g/mol. The van der Waals surface area contributed by atoms with E-state index in [1.807, 2.05) is 18.0 Å². The van der Waals surface area contributed by atoms with Crippen molar-refractivity contribution >= 4 is 17.7 Å². The lowest BCUT2D eigenvalue weighted by molar-refractivity contribution is -0.133. The minimum Gasteiger partial charge on any atom is -0.295 e. The summed E-state index contributed by atoms with van der Waals surface area (Å²) in [5.74, 6) is 5.65. The zero-order valence-electron chi connectivity index (χ0n) is 15.8. The van der Waals surface area contributed by atoms with Crippen molar-refractivity contribution in [2.45, 2.75) is 58.8 Å². The highest BCUT2D eigenvalue weighted by Crippen LogP contribution is 2.65. The Kier molecular flexibility index (Phi) is 4.21. The van der Waals surface area contributed by atoms with Gasteiger partial charge in [-0.3, -0.25) is 4.79 Å². The Hall–Kier alpha value is -1.69. The molecule has 7 atom stereocenters. The van der Waals surface area contributed by atoms with Crippen LogP contribution >= 0.6 is 0 Å². The largest absolute Gasteiger partial charge is 0.295 e. The normalized spacial score (nSPS) is 46.8. The van der Waals surface area contributed by atoms with E-state index in [1.54, 1.807) is 12.2 Å². The molecule has 0 radical (unpaired) electrons. The Bertz CT molecular complexity index is 751. The number of ketones is 1. The molecule has 0 aromatic carbocycles. The van der Waals surface area contributed by atoms with Gasteiger partial charge in [-0.1, -0.05) is 19.4 Å². The number of carbonyl (C=O) groups is 1. The first kappa shape index (κ1) is 17.7. The highest BCUT2D eigenvalue weighted by molar-refractivity contribution is 5.94. The van der Waals surface area contributed by atoms with E-state index in [9.17, 15) is 14.4 Å². The zero-order chi connectivity index (χ0) is 18.5. The molecule has 0 N–H and O–H groups in total. The Labute approximate surface area is 155 Å². The minimum atomic E-state index is 0.0629. The van der Waals surface area contributed by atoms with Gasteiger partial charge in [0.05, 0.1) is 0 Å². The second-order valence-corrected chi connectivity index (χ2v) is 9.53. The van der Waals surface area contributed by atoms with Gasteiger partial charge in [-0.2, -0.15) is 0 Å². The summed E-state index contributed by atoms with van der Waals surface area (Å²) in [6, 6.07) is 0. The molecule has 0 spiro atoms. The van der Waals surface area contributed by atoms with Crippen molar-refractivity contribution in [1.29, 1.82) is 0 Å². The third-order valence-corrected chi connectivity index (χ3v) is 8.63. The topological polar surface area (TPSA) is 51.2 Å². The maximum atomic E-state index is 13.2. The fourth-order valence-electron chi connectivity index (χ4n) is 7.07. The molecule has 4 rings (SSSR count). The third-order valence-electron chi connectivity index (χ3n) is 8.63. The number of carbonyl (C=O) groups excluding carboxylic acids is 3. The number of fused-ring (bicyclic) bond motifs is 5. The summed E-state index contributed by atoms with van der Waals surface area (Å²) in [6.07, 6.45) is 12.4. The van der Waals surface area contributed by atoms with Gasteiger partial charge in [-0.25, -0.2) is 9.59 Å². The first-order valence-electron chi connectivity index (χ1n) is 10.1. The van der Waals surface area contributed by atoms with Crippen LogP contribution in [-0.4, -0.2) is 17.7 Å². The molecule has 3 saturated carbocycles. The molecule has 0 amide bonds. The Morgan fingerprint density at radius 2 is 1.77 bits per heavy atom. The monoisotopic (exact) mass is 352 g/mol. The van der Waals surface area contributed by atoms with Crippen molar-refractivity contribution < 1.29 is 14.4 Å². The predicted octanol–water partition coefficient (Wildman–Crippen LogP) is 4.14. The van der Waals surface area contributed by atoms with Crippen LogP contribution < -0.4 is 0 Å². The van der Waals surface area contributed by atoms with E-state index in [4.69, 9.17) is 0 Å². The van der Waals surface area contributed by atoms with Gasteiger partial charge < -0.3 is 0 Å². The van der Waals surface area contributed by atoms with E-state index >= 15 is 0 Å². The smallest absolute Gasteiger partial charge is 0.159 e. The first-order valence-corrected chi connectivity index (χ1v) is 10.1. The number of rotatable bonds is 2. The van der Waals surface area contributed by atoms with Gasteiger partial charge in [0.15, 0.2) is 5.78 Å². The quantitative estimate of drug-likeness (QED) is 0.702. The fourth-order valence-corrected chi connectivity index (χ4v) is 7.07. The Balaban J connectivity index is 1.69. The lowest BCUT2D eigenvalue weighted by atomic mass is 9.46. The molecule has 0 aromatic rings. The van der Waals surface area contributed by atoms with Crippen LogP contribution in [0.3, 0.4) is 0 Å². The van der Waals surface area contributed by atoms with E-state index < -0.39 is 0 Å². The van der Waals surface area contributed by atoms with Crippen molar-refractivity contribution in [1.82, 2.24) is 0 Å². The molecule has 0 aromatic heterocycles. The van der Waals surface area contributed by atoms with Gasteiger partial charge >= 0.3 is 0 Å². The molecular formula is C23H28O3. The number of allylic oxidation sites excluding steroid dienone is 4. The molecule has 0 saturated heterocycles. The maximum absolute atomic E-state index is 13.2. The van der Waals surface area contributed by atoms with Gasteiger partial charge in [-0.05, 0) is 85.5 Å². The maximum Gasteiger partial charge on any atom is 0.159 e. The standard InChI is InChI=1S/C23H28O3/c1-22-10-6-19-21(18(22)4-3-16(22)8-12-25)20(26)14-17-13-15(7-11-24)5-9-23(17,19)2/h7-8,14-16,18-19,21H,3-6,9-10,13H2,1-2H3/t15?,16?,18-,19+,21-,22+,23-/m0/s1. The summed E-state index contributed by atoms with van der Waals surface area (Å²) >= 11 is 0. The van der Waals surface area contributed by atoms with Crippen LogP contribution in [0.1, 0.15) is 58.8 Å². The summed E-state index contributed by atoms with van der Waals surface area (Å²) in [4.78, 5) is 34.9. The summed E-state index contributed by atoms with van der Waals surface area (Å²) in [5, 5.41) is 0. The first-order chi connectivity index (χ1) is 12.4. The lowest BCUT2D eigenvalue weighted by Gasteiger charge is -2.57. The molecule has 26 heavy (non-hydrogen) atoms. The molecule has 3 heteroatoms. The van der Waals surface area contributed by atoms with E-state index in [-0.39, 0.29) is 28.6 Å². The van der Waals surface area contributed by atoms with Crippen molar-refractivity contribution in [2.24, 2.45) is 40.4 Å². The van der Waals surface area contributed by atoms with Crippen molar-refractivity contribution in [2.75, 3.05) is 0 Å². The number of hydrogen-bond donors (Lipinski definition) is 0. The van der Waals surface area contributed by atoms with E-state index in [0.29, 0.717) is 17.6 Å². The molecule has 4 aliphatic rings. The zero-order valence-corrected chi connectivity index (χ0v) is 15.8. The Morgan fingerprint density at radius 3 is 2.50 bits per heavy atom. The summed E-state index contributed by atoms with van der Waals surface area (Å²) in [7, 11) is 0. The molecule has 2 unspecified atom stereocenters. The molecule has 0 aliphatic heterocycles. The minimum absolute atomic E-state index is 0.0629. The molecule has 4 aliphatic carbocycles. The molecular weight excluding hydrogens is 324 g/mol. The van der Waals surface area contributed by atoms with Gasteiger partial charge in [0.2, 0.25) is 0 Å². The van der Waals surface area contributed by atoms with Gasteiger partial charge in [0.25, 0.3) is 0 Å². The highest BCUT2D eigenvalue weighted by atomic mass is 16.1. The molecule has 0 heterocycles. The van der Waals surface area contributed by atoms with E-state index in [2.05, 4.69) is 13.8 Å². The predicted molar refractivity (Wildman–Crippen MR) is 99.6 cm³/mol. The molecule has 138 valence electrons. The van der Waals surface area contributed by atoms with Gasteiger partial charge in [0.1, 0.15) is 11.9 Å². The van der Waals surface area contributed by atoms with Crippen LogP contribution in [0.15, 0.2) is 23.8 Å². The van der Waals surface area contributed by atoms with Crippen LogP contribution in [0.5, 0.6) is 0 Å². The average Bonchev–Trinajstić information content (AvgIpc) is 2.94. The third kappa shape index (κ3) is 2.38. The van der Waals surface area contributed by atoms with Crippen LogP contribution in [0.4, 0.5) is 0 Å². The molecule has 3 nitrogen and oxygen atoms in total. The van der Waals surface area contributed by atoms with Gasteiger partial charge in [0, 0.05) is 18.1 Å². The highest BCUT2D eigenvalue weighted by Gasteiger charge is 2.60. The SMILES string of the molecule is C[C@]12CCC(C=C=O)CC1=CC(=O)[C@@H]1[C@H]2CC[C@]2(C)C(C=C=O)CC[C@@H]12. The van der Waals surface area contributed by atoms with Crippen LogP contribution in [0.2, 0.25) is 0 Å². The second kappa shape index (κ2) is 6.19. The van der Waals surface area contributed by atoms with Crippen LogP contribution in [0.25, 0.3) is 0 Å². The van der Waals surface area contributed by atoms with E-state index in [1.165, 1.54) is 5.57 Å². The number of hydrogen-bond acceptors (Lipinski definition) is 3. The summed E-state index contributed by atoms with van der Waals surface area (Å²) in [6.45, 7) is 4.64. The van der Waals surface area contributed by atoms with Gasteiger partial charge in [-0.15, -0.1) is 0 Å². The van der Waals surface area contributed by atoms with E-state index in [0.717, 1.165) is 44.9 Å². The van der Waals surface area contributed by atoms with Crippen molar-refractivity contribution in [3.63, 3.8) is 0 Å². The van der Waals surface area contributed by atoms with Crippen molar-refractivity contribution in [3.05, 3.63) is 23.8 Å². The lowest BCUT2D eigenvalue weighted by Crippen LogP contribution is -2.52. The summed E-state index contributed by atoms with van der Waals surface area (Å²) < 4.78 is 0. The molecule has 3 fully saturated rings. The fraction of sp³-hybridized carbons (Fsp3) is 0.696. The Morgan fingerprint density at radius 1 is 1.00 bits per heavy atom. The summed E-state index contributed by atoms with van der Waals surface area (Å²) in [5.41, 5.74) is 1.41. The van der Waals surface area contributed by atoms with Crippen molar-refractivity contribution in [3.8, 4) is 0 Å². The second-order valence-electron chi connectivity index (χ2n) is 9.53.